The summed E-state index contributed by atoms with van der Waals surface area (Å²) in [4.78, 5) is 14.4. The van der Waals surface area contributed by atoms with E-state index in [1.165, 1.54) is 12.3 Å². The quantitative estimate of drug-likeness (QED) is 0.623. The van der Waals surface area contributed by atoms with E-state index in [2.05, 4.69) is 15.0 Å². The molecule has 1 aromatic rings. The molecule has 0 aromatic carbocycles. The van der Waals surface area contributed by atoms with E-state index < -0.39 is 15.9 Å². The van der Waals surface area contributed by atoms with E-state index in [0.717, 1.165) is 0 Å². The fraction of sp³-hybridized carbons (Fsp3) is 0.333. The standard InChI is InChI=1S/C9H14N4O3S/c1-11-9-3-2-7(6-12-9)17(15,16)13-5-4-8(10)14/h2-3,6,13H,4-5H2,1H3,(H2,10,14)(H,11,12). The van der Waals surface area contributed by atoms with Crippen LogP contribution in [0.5, 0.6) is 0 Å². The second-order valence-corrected chi connectivity index (χ2v) is 5.01. The van der Waals surface area contributed by atoms with Gasteiger partial charge in [-0.15, -0.1) is 0 Å². The van der Waals surface area contributed by atoms with Gasteiger partial charge in [0.05, 0.1) is 0 Å². The molecule has 1 rings (SSSR count). The third-order valence-corrected chi connectivity index (χ3v) is 3.41. The highest BCUT2D eigenvalue weighted by Crippen LogP contribution is 2.09. The maximum absolute atomic E-state index is 11.7. The topological polar surface area (TPSA) is 114 Å². The maximum Gasteiger partial charge on any atom is 0.242 e. The van der Waals surface area contributed by atoms with Crippen molar-refractivity contribution < 1.29 is 13.2 Å². The van der Waals surface area contributed by atoms with Crippen molar-refractivity contribution in [1.29, 1.82) is 0 Å². The van der Waals surface area contributed by atoms with Crippen molar-refractivity contribution in [2.45, 2.75) is 11.3 Å². The van der Waals surface area contributed by atoms with Crippen molar-refractivity contribution >= 4 is 21.7 Å². The lowest BCUT2D eigenvalue weighted by Crippen LogP contribution is -2.28. The lowest BCUT2D eigenvalue weighted by molar-refractivity contribution is -0.117. The highest BCUT2D eigenvalue weighted by Gasteiger charge is 2.13. The van der Waals surface area contributed by atoms with E-state index in [9.17, 15) is 13.2 Å². The molecule has 17 heavy (non-hydrogen) atoms. The van der Waals surface area contributed by atoms with Crippen LogP contribution in [0.25, 0.3) is 0 Å². The van der Waals surface area contributed by atoms with Gasteiger partial charge in [0.15, 0.2) is 0 Å². The molecule has 0 aliphatic heterocycles. The molecule has 94 valence electrons. The lowest BCUT2D eigenvalue weighted by atomic mass is 10.4. The van der Waals surface area contributed by atoms with Gasteiger partial charge in [-0.3, -0.25) is 4.79 Å². The van der Waals surface area contributed by atoms with Crippen molar-refractivity contribution in [3.05, 3.63) is 18.3 Å². The zero-order valence-corrected chi connectivity index (χ0v) is 10.1. The van der Waals surface area contributed by atoms with E-state index >= 15 is 0 Å². The summed E-state index contributed by atoms with van der Waals surface area (Å²) < 4.78 is 25.6. The molecule has 1 aromatic heterocycles. The Morgan fingerprint density at radius 1 is 1.47 bits per heavy atom. The monoisotopic (exact) mass is 258 g/mol. The van der Waals surface area contributed by atoms with E-state index in [1.807, 2.05) is 0 Å². The highest BCUT2D eigenvalue weighted by molar-refractivity contribution is 7.89. The van der Waals surface area contributed by atoms with Gasteiger partial charge in [0.25, 0.3) is 0 Å². The average molecular weight is 258 g/mol. The first-order valence-corrected chi connectivity index (χ1v) is 6.36. The van der Waals surface area contributed by atoms with Crippen LogP contribution in [0.2, 0.25) is 0 Å². The third kappa shape index (κ3) is 4.00. The molecule has 1 heterocycles. The zero-order valence-electron chi connectivity index (χ0n) is 9.30. The molecule has 0 atom stereocenters. The third-order valence-electron chi connectivity index (χ3n) is 1.97. The molecule has 0 fully saturated rings. The Hall–Kier alpha value is -1.67. The largest absolute Gasteiger partial charge is 0.373 e. The fourth-order valence-corrected chi connectivity index (χ4v) is 2.06. The molecule has 0 spiro atoms. The Kier molecular flexibility index (Phi) is 4.41. The number of nitrogens with one attached hydrogen (secondary N) is 2. The Morgan fingerprint density at radius 3 is 2.65 bits per heavy atom. The summed E-state index contributed by atoms with van der Waals surface area (Å²) in [6.45, 7) is -0.0224. The number of hydrogen-bond acceptors (Lipinski definition) is 5. The van der Waals surface area contributed by atoms with Crippen molar-refractivity contribution in [3.8, 4) is 0 Å². The van der Waals surface area contributed by atoms with Crippen LogP contribution in [0, 0.1) is 0 Å². The number of carbonyl (C=O) groups excluding carboxylic acids is 1. The number of carbonyl (C=O) groups is 1. The number of primary amides is 1. The SMILES string of the molecule is CNc1ccc(S(=O)(=O)NCCC(N)=O)cn1. The van der Waals surface area contributed by atoms with Crippen LogP contribution in [0.1, 0.15) is 6.42 Å². The number of amides is 1. The molecular formula is C9H14N4O3S. The van der Waals surface area contributed by atoms with Crippen LogP contribution < -0.4 is 15.8 Å². The van der Waals surface area contributed by atoms with Crippen molar-refractivity contribution in [3.63, 3.8) is 0 Å². The van der Waals surface area contributed by atoms with Gasteiger partial charge >= 0.3 is 0 Å². The highest BCUT2D eigenvalue weighted by atomic mass is 32.2. The Balaban J connectivity index is 2.72. The van der Waals surface area contributed by atoms with Crippen molar-refractivity contribution in [1.82, 2.24) is 9.71 Å². The summed E-state index contributed by atoms with van der Waals surface area (Å²) in [5, 5.41) is 2.78. The Morgan fingerprint density at radius 2 is 2.18 bits per heavy atom. The molecule has 0 bridgehead atoms. The second kappa shape index (κ2) is 5.60. The van der Waals surface area contributed by atoms with Crippen LogP contribution in [0.3, 0.4) is 0 Å². The summed E-state index contributed by atoms with van der Waals surface area (Å²) in [6.07, 6.45) is 1.19. The molecule has 4 N–H and O–H groups in total. The average Bonchev–Trinajstić information content (AvgIpc) is 2.28. The minimum Gasteiger partial charge on any atom is -0.373 e. The molecular weight excluding hydrogens is 244 g/mol. The van der Waals surface area contributed by atoms with Crippen LogP contribution in [-0.2, 0) is 14.8 Å². The van der Waals surface area contributed by atoms with Gasteiger partial charge < -0.3 is 11.1 Å². The molecule has 0 unspecified atom stereocenters. The molecule has 0 saturated heterocycles. The predicted octanol–water partition coefficient (Wildman–Crippen LogP) is -0.723. The fourth-order valence-electron chi connectivity index (χ4n) is 1.08. The summed E-state index contributed by atoms with van der Waals surface area (Å²) in [5.74, 6) is 0.0115. The van der Waals surface area contributed by atoms with E-state index in [0.29, 0.717) is 5.82 Å². The number of pyridine rings is 1. The molecule has 1 amide bonds. The summed E-state index contributed by atoms with van der Waals surface area (Å²) >= 11 is 0. The molecule has 8 heteroatoms. The van der Waals surface area contributed by atoms with Gasteiger partial charge in [-0.25, -0.2) is 18.1 Å². The summed E-state index contributed by atoms with van der Waals surface area (Å²) in [6, 6.07) is 2.97. The first-order chi connectivity index (χ1) is 7.95. The molecule has 0 aliphatic carbocycles. The van der Waals surface area contributed by atoms with Gasteiger partial charge in [-0.05, 0) is 12.1 Å². The number of rotatable bonds is 6. The second-order valence-electron chi connectivity index (χ2n) is 3.24. The van der Waals surface area contributed by atoms with Crippen molar-refractivity contribution in [2.24, 2.45) is 5.73 Å². The van der Waals surface area contributed by atoms with Crippen LogP contribution in [0.15, 0.2) is 23.2 Å². The van der Waals surface area contributed by atoms with E-state index in [1.54, 1.807) is 13.1 Å². The van der Waals surface area contributed by atoms with E-state index in [4.69, 9.17) is 5.73 Å². The number of nitrogens with two attached hydrogens (primary N) is 1. The molecule has 7 nitrogen and oxygen atoms in total. The summed E-state index contributed by atoms with van der Waals surface area (Å²) in [5.41, 5.74) is 4.90. The van der Waals surface area contributed by atoms with Gasteiger partial charge in [-0.1, -0.05) is 0 Å². The van der Waals surface area contributed by atoms with Gasteiger partial charge in [0.1, 0.15) is 10.7 Å². The molecule has 0 radical (unpaired) electrons. The Bertz CT molecular complexity index is 483. The maximum atomic E-state index is 11.7. The smallest absolute Gasteiger partial charge is 0.242 e. The Labute approximate surface area is 99.5 Å². The molecule has 0 saturated carbocycles. The zero-order chi connectivity index (χ0) is 12.9. The summed E-state index contributed by atoms with van der Waals surface area (Å²) in [7, 11) is -1.95. The number of hydrogen-bond donors (Lipinski definition) is 3. The number of sulfonamides is 1. The minimum absolute atomic E-state index is 0.0224. The normalized spacial score (nSPS) is 11.1. The van der Waals surface area contributed by atoms with Crippen LogP contribution in [-0.4, -0.2) is 32.9 Å². The first kappa shape index (κ1) is 13.4. The number of aromatic nitrogens is 1. The van der Waals surface area contributed by atoms with Gasteiger partial charge in [0, 0.05) is 26.2 Å². The van der Waals surface area contributed by atoms with Crippen LogP contribution >= 0.6 is 0 Å². The molecule has 0 aliphatic rings. The van der Waals surface area contributed by atoms with Crippen LogP contribution in [0.4, 0.5) is 5.82 Å². The lowest BCUT2D eigenvalue weighted by Gasteiger charge is -2.06. The first-order valence-electron chi connectivity index (χ1n) is 4.87. The van der Waals surface area contributed by atoms with Crippen molar-refractivity contribution in [2.75, 3.05) is 18.9 Å². The van der Waals surface area contributed by atoms with E-state index in [-0.39, 0.29) is 17.9 Å². The number of anilines is 1. The minimum atomic E-state index is -3.63. The number of nitrogens with zero attached hydrogens (tertiary/aromatic N) is 1. The van der Waals surface area contributed by atoms with Gasteiger partial charge in [0.2, 0.25) is 15.9 Å². The predicted molar refractivity (Wildman–Crippen MR) is 62.8 cm³/mol. The van der Waals surface area contributed by atoms with Gasteiger partial charge in [-0.2, -0.15) is 0 Å².